The van der Waals surface area contributed by atoms with Crippen molar-refractivity contribution in [2.24, 2.45) is 0 Å². The van der Waals surface area contributed by atoms with Crippen LogP contribution in [0.2, 0.25) is 0 Å². The van der Waals surface area contributed by atoms with Crippen molar-refractivity contribution in [2.45, 2.75) is 36.2 Å². The highest BCUT2D eigenvalue weighted by atomic mass is 32.2. The summed E-state index contributed by atoms with van der Waals surface area (Å²) in [5.41, 5.74) is -0.325. The van der Waals surface area contributed by atoms with Gasteiger partial charge in [-0.15, -0.1) is 11.8 Å². The van der Waals surface area contributed by atoms with Crippen molar-refractivity contribution in [1.29, 1.82) is 0 Å². The van der Waals surface area contributed by atoms with Crippen LogP contribution in [0.15, 0.2) is 29.2 Å². The summed E-state index contributed by atoms with van der Waals surface area (Å²) in [4.78, 5) is 0.643. The molecule has 2 N–H and O–H groups in total. The Balaban J connectivity index is 1.92. The van der Waals surface area contributed by atoms with E-state index in [1.807, 2.05) is 13.0 Å². The Labute approximate surface area is 106 Å². The normalized spacial score (nSPS) is 19.0. The molecule has 1 aliphatic rings. The predicted molar refractivity (Wildman–Crippen MR) is 68.8 cm³/mol. The van der Waals surface area contributed by atoms with Crippen LogP contribution in [-0.2, 0) is 0 Å². The Morgan fingerprint density at radius 1 is 1.47 bits per heavy atom. The molecule has 0 heterocycles. The summed E-state index contributed by atoms with van der Waals surface area (Å²) in [5, 5.41) is 12.9. The average molecular weight is 255 g/mol. The van der Waals surface area contributed by atoms with Gasteiger partial charge in [0.15, 0.2) is 0 Å². The van der Waals surface area contributed by atoms with Gasteiger partial charge < -0.3 is 10.4 Å². The molecule has 0 saturated heterocycles. The van der Waals surface area contributed by atoms with Gasteiger partial charge in [0.05, 0.1) is 6.61 Å². The molecule has 0 bridgehead atoms. The Morgan fingerprint density at radius 2 is 2.18 bits per heavy atom. The summed E-state index contributed by atoms with van der Waals surface area (Å²) in [7, 11) is 0. The number of hydrogen-bond acceptors (Lipinski definition) is 3. The summed E-state index contributed by atoms with van der Waals surface area (Å²) < 4.78 is 13.4. The van der Waals surface area contributed by atoms with Crippen molar-refractivity contribution >= 4 is 11.8 Å². The van der Waals surface area contributed by atoms with Crippen molar-refractivity contribution in [3.05, 3.63) is 30.1 Å². The van der Waals surface area contributed by atoms with Crippen LogP contribution < -0.4 is 5.32 Å². The standard InChI is InChI=1S/C13H18FNOS/c1-13(8-16,15-10-6-7-10)9-17-12-5-3-2-4-11(12)14/h2-5,10,15-16H,6-9H2,1H3. The topological polar surface area (TPSA) is 32.3 Å². The maximum Gasteiger partial charge on any atom is 0.136 e. The minimum absolute atomic E-state index is 0.0744. The van der Waals surface area contributed by atoms with Crippen molar-refractivity contribution in [3.8, 4) is 0 Å². The second-order valence-corrected chi connectivity index (χ2v) is 5.87. The fraction of sp³-hybridized carbons (Fsp3) is 0.538. The smallest absolute Gasteiger partial charge is 0.136 e. The summed E-state index contributed by atoms with van der Waals surface area (Å²) in [6.07, 6.45) is 2.36. The van der Waals surface area contributed by atoms with Gasteiger partial charge in [0.1, 0.15) is 5.82 Å². The highest BCUT2D eigenvalue weighted by molar-refractivity contribution is 7.99. The summed E-state index contributed by atoms with van der Waals surface area (Å²) in [5.74, 6) is 0.477. The van der Waals surface area contributed by atoms with Crippen molar-refractivity contribution in [3.63, 3.8) is 0 Å². The lowest BCUT2D eigenvalue weighted by atomic mass is 10.1. The third kappa shape index (κ3) is 3.69. The number of aliphatic hydroxyl groups excluding tert-OH is 1. The van der Waals surface area contributed by atoms with E-state index in [-0.39, 0.29) is 18.0 Å². The van der Waals surface area contributed by atoms with E-state index >= 15 is 0 Å². The van der Waals surface area contributed by atoms with Gasteiger partial charge >= 0.3 is 0 Å². The van der Waals surface area contributed by atoms with Crippen molar-refractivity contribution in [2.75, 3.05) is 12.4 Å². The third-order valence-corrected chi connectivity index (χ3v) is 4.29. The molecular formula is C13H18FNOS. The number of aliphatic hydroxyl groups is 1. The second kappa shape index (κ2) is 5.38. The lowest BCUT2D eigenvalue weighted by molar-refractivity contribution is 0.190. The van der Waals surface area contributed by atoms with E-state index in [1.54, 1.807) is 12.1 Å². The van der Waals surface area contributed by atoms with E-state index in [9.17, 15) is 9.50 Å². The lowest BCUT2D eigenvalue weighted by Gasteiger charge is -2.28. The molecule has 1 aliphatic carbocycles. The summed E-state index contributed by atoms with van der Waals surface area (Å²) in [6.45, 7) is 2.06. The molecule has 1 saturated carbocycles. The zero-order valence-corrected chi connectivity index (χ0v) is 10.8. The maximum atomic E-state index is 13.4. The van der Waals surface area contributed by atoms with Gasteiger partial charge in [-0.25, -0.2) is 4.39 Å². The quantitative estimate of drug-likeness (QED) is 0.766. The zero-order valence-electron chi connectivity index (χ0n) is 9.95. The zero-order chi connectivity index (χ0) is 12.3. The highest BCUT2D eigenvalue weighted by Crippen LogP contribution is 2.28. The molecule has 1 aromatic rings. The van der Waals surface area contributed by atoms with Crippen LogP contribution in [0, 0.1) is 5.82 Å². The first kappa shape index (κ1) is 12.9. The fourth-order valence-corrected chi connectivity index (χ4v) is 2.68. The van der Waals surface area contributed by atoms with Crippen molar-refractivity contribution in [1.82, 2.24) is 5.32 Å². The van der Waals surface area contributed by atoms with Crippen LogP contribution >= 0.6 is 11.8 Å². The molecule has 0 aliphatic heterocycles. The first-order valence-corrected chi connectivity index (χ1v) is 6.87. The number of nitrogens with one attached hydrogen (secondary N) is 1. The largest absolute Gasteiger partial charge is 0.394 e. The molecule has 0 radical (unpaired) electrons. The minimum Gasteiger partial charge on any atom is -0.394 e. The average Bonchev–Trinajstić information content (AvgIpc) is 3.12. The molecule has 1 unspecified atom stereocenters. The van der Waals surface area contributed by atoms with Crippen LogP contribution in [0.1, 0.15) is 19.8 Å². The molecule has 0 spiro atoms. The van der Waals surface area contributed by atoms with Gasteiger partial charge in [-0.05, 0) is 31.9 Å². The number of thioether (sulfide) groups is 1. The Bertz CT molecular complexity index is 383. The van der Waals surface area contributed by atoms with Gasteiger partial charge in [-0.2, -0.15) is 0 Å². The van der Waals surface area contributed by atoms with Gasteiger partial charge in [-0.3, -0.25) is 0 Å². The molecule has 2 nitrogen and oxygen atoms in total. The monoisotopic (exact) mass is 255 g/mol. The molecule has 4 heteroatoms. The van der Waals surface area contributed by atoms with Crippen molar-refractivity contribution < 1.29 is 9.50 Å². The minimum atomic E-state index is -0.325. The SMILES string of the molecule is CC(CO)(CSc1ccccc1F)NC1CC1. The molecule has 94 valence electrons. The predicted octanol–water partition coefficient (Wildman–Crippen LogP) is 2.42. The molecule has 0 aromatic heterocycles. The molecule has 1 aromatic carbocycles. The number of rotatable bonds is 6. The number of hydrogen-bond donors (Lipinski definition) is 2. The van der Waals surface area contributed by atoms with E-state index in [2.05, 4.69) is 5.32 Å². The second-order valence-electron chi connectivity index (χ2n) is 4.86. The Kier molecular flexibility index (Phi) is 4.07. The molecule has 1 atom stereocenters. The van der Waals surface area contributed by atoms with E-state index in [0.29, 0.717) is 16.7 Å². The molecule has 1 fully saturated rings. The van der Waals surface area contributed by atoms with E-state index in [0.717, 1.165) is 0 Å². The van der Waals surface area contributed by atoms with Crippen LogP contribution in [0.5, 0.6) is 0 Å². The van der Waals surface area contributed by atoms with Gasteiger partial charge in [0.25, 0.3) is 0 Å². The van der Waals surface area contributed by atoms with Gasteiger partial charge in [0, 0.05) is 22.2 Å². The summed E-state index contributed by atoms with van der Waals surface area (Å²) >= 11 is 1.45. The van der Waals surface area contributed by atoms with Crippen LogP contribution in [0.4, 0.5) is 4.39 Å². The Hall–Kier alpha value is -0.580. The van der Waals surface area contributed by atoms with Crippen LogP contribution in [-0.4, -0.2) is 29.0 Å². The molecule has 17 heavy (non-hydrogen) atoms. The van der Waals surface area contributed by atoms with Crippen LogP contribution in [0.25, 0.3) is 0 Å². The first-order valence-electron chi connectivity index (χ1n) is 5.89. The fourth-order valence-electron chi connectivity index (χ4n) is 1.65. The number of benzene rings is 1. The van der Waals surface area contributed by atoms with E-state index < -0.39 is 0 Å². The lowest BCUT2D eigenvalue weighted by Crippen LogP contribution is -2.49. The first-order chi connectivity index (χ1) is 8.13. The molecular weight excluding hydrogens is 237 g/mol. The van der Waals surface area contributed by atoms with Crippen LogP contribution in [0.3, 0.4) is 0 Å². The molecule has 2 rings (SSSR count). The Morgan fingerprint density at radius 3 is 2.76 bits per heavy atom. The maximum absolute atomic E-state index is 13.4. The highest BCUT2D eigenvalue weighted by Gasteiger charge is 2.32. The van der Waals surface area contributed by atoms with Gasteiger partial charge in [0.2, 0.25) is 0 Å². The number of halogens is 1. The van der Waals surface area contributed by atoms with E-state index in [1.165, 1.54) is 30.7 Å². The van der Waals surface area contributed by atoms with Gasteiger partial charge in [-0.1, -0.05) is 12.1 Å². The molecule has 0 amide bonds. The summed E-state index contributed by atoms with van der Waals surface area (Å²) in [6, 6.07) is 7.29. The third-order valence-electron chi connectivity index (χ3n) is 2.86. The van der Waals surface area contributed by atoms with E-state index in [4.69, 9.17) is 0 Å².